The molecule has 0 aliphatic carbocycles. The third-order valence-corrected chi connectivity index (χ3v) is 5.82. The van der Waals surface area contributed by atoms with Crippen LogP contribution in [0.25, 0.3) is 0 Å². The molecule has 1 fully saturated rings. The second kappa shape index (κ2) is 7.47. The fourth-order valence-corrected chi connectivity index (χ4v) is 3.95. The van der Waals surface area contributed by atoms with Crippen LogP contribution in [0.3, 0.4) is 0 Å². The number of nitrogens with zero attached hydrogens (tertiary/aromatic N) is 1. The summed E-state index contributed by atoms with van der Waals surface area (Å²) in [5.41, 5.74) is 4.99. The molecule has 24 heavy (non-hydrogen) atoms. The lowest BCUT2D eigenvalue weighted by atomic mass is 10.2. The van der Waals surface area contributed by atoms with E-state index in [2.05, 4.69) is 0 Å². The van der Waals surface area contributed by atoms with E-state index in [1.165, 1.54) is 23.4 Å². The van der Waals surface area contributed by atoms with Crippen LogP contribution in [0.1, 0.15) is 17.3 Å². The average Bonchev–Trinajstić information content (AvgIpc) is 2.55. The van der Waals surface area contributed by atoms with Crippen LogP contribution in [0.5, 0.6) is 0 Å². The van der Waals surface area contributed by atoms with Crippen molar-refractivity contribution >= 4 is 33.5 Å². The molecule has 10 heteroatoms. The van der Waals surface area contributed by atoms with Gasteiger partial charge in [0.15, 0.2) is 6.10 Å². The average molecular weight is 377 g/mol. The molecule has 1 amide bonds. The van der Waals surface area contributed by atoms with E-state index in [0.29, 0.717) is 0 Å². The predicted molar refractivity (Wildman–Crippen MR) is 85.1 cm³/mol. The Morgan fingerprint density at radius 2 is 1.96 bits per heavy atom. The van der Waals surface area contributed by atoms with Gasteiger partial charge in [0.25, 0.3) is 5.91 Å². The molecule has 0 aromatic heterocycles. The van der Waals surface area contributed by atoms with Crippen molar-refractivity contribution in [2.45, 2.75) is 17.9 Å². The minimum Gasteiger partial charge on any atom is -0.449 e. The van der Waals surface area contributed by atoms with E-state index in [4.69, 9.17) is 26.8 Å². The van der Waals surface area contributed by atoms with Crippen molar-refractivity contribution in [2.24, 2.45) is 5.73 Å². The Hall–Kier alpha value is -1.68. The van der Waals surface area contributed by atoms with Gasteiger partial charge in [0.2, 0.25) is 10.0 Å². The predicted octanol–water partition coefficient (Wildman–Crippen LogP) is 0.392. The van der Waals surface area contributed by atoms with Crippen molar-refractivity contribution in [3.05, 3.63) is 28.8 Å². The quantitative estimate of drug-likeness (QED) is 0.743. The zero-order valence-corrected chi connectivity index (χ0v) is 14.5. The number of benzene rings is 1. The first kappa shape index (κ1) is 18.7. The molecule has 0 spiro atoms. The standard InChI is InChI=1S/C14H17ClN2O6S/c1-9(13(16)18)23-14(19)10-2-3-11(15)12(8-10)24(20,21)17-4-6-22-7-5-17/h2-3,8-9H,4-7H2,1H3,(H2,16,18)/t9-/m1/s1. The summed E-state index contributed by atoms with van der Waals surface area (Å²) in [4.78, 5) is 22.8. The van der Waals surface area contributed by atoms with Gasteiger partial charge in [-0.1, -0.05) is 11.6 Å². The van der Waals surface area contributed by atoms with E-state index in [1.807, 2.05) is 0 Å². The van der Waals surface area contributed by atoms with Gasteiger partial charge in [0, 0.05) is 13.1 Å². The van der Waals surface area contributed by atoms with E-state index in [1.54, 1.807) is 0 Å². The normalized spacial score (nSPS) is 17.2. The fourth-order valence-electron chi connectivity index (χ4n) is 2.04. The van der Waals surface area contributed by atoms with E-state index in [-0.39, 0.29) is 41.8 Å². The van der Waals surface area contributed by atoms with Gasteiger partial charge < -0.3 is 15.2 Å². The molecule has 2 N–H and O–H groups in total. The van der Waals surface area contributed by atoms with Crippen LogP contribution in [-0.2, 0) is 24.3 Å². The lowest BCUT2D eigenvalue weighted by Gasteiger charge is -2.26. The van der Waals surface area contributed by atoms with Gasteiger partial charge in [0.1, 0.15) is 4.90 Å². The first-order valence-electron chi connectivity index (χ1n) is 7.11. The Balaban J connectivity index is 2.31. The summed E-state index contributed by atoms with van der Waals surface area (Å²) in [5, 5.41) is -0.0130. The summed E-state index contributed by atoms with van der Waals surface area (Å²) >= 11 is 6.00. The smallest absolute Gasteiger partial charge is 0.338 e. The zero-order valence-electron chi connectivity index (χ0n) is 12.9. The Bertz CT molecular complexity index is 746. The largest absolute Gasteiger partial charge is 0.449 e. The molecule has 1 aliphatic rings. The van der Waals surface area contributed by atoms with Crippen molar-refractivity contribution in [3.63, 3.8) is 0 Å². The Labute approximate surface area is 144 Å². The lowest BCUT2D eigenvalue weighted by molar-refractivity contribution is -0.125. The number of hydrogen-bond donors (Lipinski definition) is 1. The molecule has 8 nitrogen and oxygen atoms in total. The topological polar surface area (TPSA) is 116 Å². The molecular formula is C14H17ClN2O6S. The number of hydrogen-bond acceptors (Lipinski definition) is 6. The number of rotatable bonds is 5. The number of ether oxygens (including phenoxy) is 2. The molecule has 1 aromatic rings. The number of carbonyl (C=O) groups is 2. The molecule has 1 heterocycles. The van der Waals surface area contributed by atoms with Crippen molar-refractivity contribution in [1.29, 1.82) is 0 Å². The summed E-state index contributed by atoms with van der Waals surface area (Å²) in [7, 11) is -3.87. The summed E-state index contributed by atoms with van der Waals surface area (Å²) in [6.07, 6.45) is -1.13. The van der Waals surface area contributed by atoms with E-state index < -0.39 is 28.0 Å². The highest BCUT2D eigenvalue weighted by molar-refractivity contribution is 7.89. The Morgan fingerprint density at radius 1 is 1.33 bits per heavy atom. The van der Waals surface area contributed by atoms with E-state index in [9.17, 15) is 18.0 Å². The van der Waals surface area contributed by atoms with Crippen molar-refractivity contribution < 1.29 is 27.5 Å². The highest BCUT2D eigenvalue weighted by Gasteiger charge is 2.29. The number of primary amides is 1. The summed E-state index contributed by atoms with van der Waals surface area (Å²) in [6.45, 7) is 2.29. The highest BCUT2D eigenvalue weighted by Crippen LogP contribution is 2.27. The van der Waals surface area contributed by atoms with Gasteiger partial charge >= 0.3 is 5.97 Å². The molecule has 0 bridgehead atoms. The number of amides is 1. The first-order valence-corrected chi connectivity index (χ1v) is 8.93. The number of nitrogens with two attached hydrogens (primary N) is 1. The third kappa shape index (κ3) is 4.04. The number of halogens is 1. The molecule has 1 aliphatic heterocycles. The van der Waals surface area contributed by atoms with Gasteiger partial charge in [0.05, 0.1) is 23.8 Å². The number of carbonyl (C=O) groups excluding carboxylic acids is 2. The molecule has 0 radical (unpaired) electrons. The van der Waals surface area contributed by atoms with Crippen LogP contribution in [0, 0.1) is 0 Å². The maximum absolute atomic E-state index is 12.7. The van der Waals surface area contributed by atoms with Crippen LogP contribution in [0.4, 0.5) is 0 Å². The van der Waals surface area contributed by atoms with Crippen LogP contribution < -0.4 is 5.73 Å². The molecule has 2 rings (SSSR count). The second-order valence-corrected chi connectivity index (χ2v) is 7.43. The number of morpholine rings is 1. The van der Waals surface area contributed by atoms with Crippen LogP contribution >= 0.6 is 11.6 Å². The van der Waals surface area contributed by atoms with E-state index >= 15 is 0 Å². The summed E-state index contributed by atoms with van der Waals surface area (Å²) in [6, 6.07) is 3.74. The van der Waals surface area contributed by atoms with Gasteiger partial charge in [-0.3, -0.25) is 4.79 Å². The molecule has 0 unspecified atom stereocenters. The lowest BCUT2D eigenvalue weighted by Crippen LogP contribution is -2.40. The molecular weight excluding hydrogens is 360 g/mol. The Kier molecular flexibility index (Phi) is 5.81. The SMILES string of the molecule is C[C@@H](OC(=O)c1ccc(Cl)c(S(=O)(=O)N2CCOCC2)c1)C(N)=O. The van der Waals surface area contributed by atoms with Crippen molar-refractivity contribution in [1.82, 2.24) is 4.31 Å². The highest BCUT2D eigenvalue weighted by atomic mass is 35.5. The van der Waals surface area contributed by atoms with E-state index in [0.717, 1.165) is 6.07 Å². The minimum absolute atomic E-state index is 0.0130. The van der Waals surface area contributed by atoms with Crippen LogP contribution in [0.2, 0.25) is 5.02 Å². The van der Waals surface area contributed by atoms with Gasteiger partial charge in [-0.05, 0) is 25.1 Å². The Morgan fingerprint density at radius 3 is 2.54 bits per heavy atom. The van der Waals surface area contributed by atoms with Gasteiger partial charge in [-0.15, -0.1) is 0 Å². The first-order chi connectivity index (χ1) is 11.2. The zero-order chi connectivity index (χ0) is 17.9. The molecule has 1 aromatic carbocycles. The van der Waals surface area contributed by atoms with Crippen molar-refractivity contribution in [2.75, 3.05) is 26.3 Å². The van der Waals surface area contributed by atoms with Gasteiger partial charge in [-0.2, -0.15) is 4.31 Å². The number of esters is 1. The van der Waals surface area contributed by atoms with Gasteiger partial charge in [-0.25, -0.2) is 13.2 Å². The molecule has 0 saturated carbocycles. The molecule has 132 valence electrons. The molecule has 1 atom stereocenters. The minimum atomic E-state index is -3.87. The number of sulfonamides is 1. The summed E-state index contributed by atoms with van der Waals surface area (Å²) in [5.74, 6) is -1.67. The van der Waals surface area contributed by atoms with Crippen LogP contribution in [0.15, 0.2) is 23.1 Å². The van der Waals surface area contributed by atoms with Crippen LogP contribution in [-0.4, -0.2) is 57.0 Å². The summed E-state index contributed by atoms with van der Waals surface area (Å²) < 4.78 is 36.6. The third-order valence-electron chi connectivity index (χ3n) is 3.44. The van der Waals surface area contributed by atoms with Crippen molar-refractivity contribution in [3.8, 4) is 0 Å². The monoisotopic (exact) mass is 376 g/mol. The fraction of sp³-hybridized carbons (Fsp3) is 0.429. The maximum Gasteiger partial charge on any atom is 0.338 e. The maximum atomic E-state index is 12.7. The molecule has 1 saturated heterocycles. The second-order valence-electron chi connectivity index (χ2n) is 5.11.